The summed E-state index contributed by atoms with van der Waals surface area (Å²) in [6.07, 6.45) is 8.19. The van der Waals surface area contributed by atoms with Gasteiger partial charge in [-0.05, 0) is 118 Å². The zero-order valence-electron chi connectivity index (χ0n) is 23.8. The predicted molar refractivity (Wildman–Crippen MR) is 167 cm³/mol. The van der Waals surface area contributed by atoms with Gasteiger partial charge in [0, 0.05) is 5.69 Å². The highest BCUT2D eigenvalue weighted by atomic mass is 32.2. The molecule has 42 heavy (non-hydrogen) atoms. The smallest absolute Gasteiger partial charge is 0.285 e. The number of nitrogens with one attached hydrogen (secondary N) is 2. The summed E-state index contributed by atoms with van der Waals surface area (Å²) in [5.41, 5.74) is 5.04. The summed E-state index contributed by atoms with van der Waals surface area (Å²) >= 11 is 6.67. The van der Waals surface area contributed by atoms with Crippen molar-refractivity contribution in [3.05, 3.63) is 58.5 Å². The van der Waals surface area contributed by atoms with Crippen LogP contribution in [0, 0.1) is 30.1 Å². The first-order valence-electron chi connectivity index (χ1n) is 14.6. The number of nitrogens with zero attached hydrogens (tertiary/aromatic N) is 1. The molecule has 4 saturated carbocycles. The number of ether oxygens (including phenoxy) is 2. The van der Waals surface area contributed by atoms with E-state index < -0.39 is 0 Å². The van der Waals surface area contributed by atoms with Crippen molar-refractivity contribution in [2.45, 2.75) is 52.4 Å². The second-order valence-corrected chi connectivity index (χ2v) is 13.7. The minimum absolute atomic E-state index is 0.0642. The summed E-state index contributed by atoms with van der Waals surface area (Å²) in [4.78, 5) is 39.7. The average molecular weight is 606 g/mol. The van der Waals surface area contributed by atoms with Crippen molar-refractivity contribution in [2.75, 3.05) is 18.5 Å². The van der Waals surface area contributed by atoms with Crippen molar-refractivity contribution in [1.82, 2.24) is 10.4 Å². The lowest BCUT2D eigenvalue weighted by Crippen LogP contribution is -2.57. The summed E-state index contributed by atoms with van der Waals surface area (Å²) < 4.78 is 11.9. The summed E-state index contributed by atoms with van der Waals surface area (Å²) in [6.45, 7) is 4.05. The molecule has 7 rings (SSSR count). The lowest BCUT2D eigenvalue weighted by Gasteiger charge is -2.55. The fourth-order valence-corrected chi connectivity index (χ4v) is 8.48. The lowest BCUT2D eigenvalue weighted by molar-refractivity contribution is -0.152. The van der Waals surface area contributed by atoms with Crippen molar-refractivity contribution in [1.29, 1.82) is 0 Å². The van der Waals surface area contributed by atoms with E-state index in [-0.39, 0.29) is 29.7 Å². The van der Waals surface area contributed by atoms with Crippen LogP contribution in [0.2, 0.25) is 0 Å². The van der Waals surface area contributed by atoms with Gasteiger partial charge in [-0.1, -0.05) is 35.5 Å². The number of carbonyl (C=O) groups is 3. The number of anilines is 1. The van der Waals surface area contributed by atoms with Gasteiger partial charge in [-0.25, -0.2) is 0 Å². The molecule has 0 aromatic heterocycles. The molecule has 5 aliphatic rings. The molecule has 2 aromatic rings. The second kappa shape index (κ2) is 11.7. The largest absolute Gasteiger partial charge is 0.490 e. The number of amides is 3. The van der Waals surface area contributed by atoms with E-state index in [0.29, 0.717) is 56.3 Å². The molecule has 1 aliphatic heterocycles. The van der Waals surface area contributed by atoms with Crippen molar-refractivity contribution in [2.24, 2.45) is 23.2 Å². The quantitative estimate of drug-likeness (QED) is 0.273. The summed E-state index contributed by atoms with van der Waals surface area (Å²) in [7, 11) is 0. The maximum atomic E-state index is 13.5. The first-order valence-corrected chi connectivity index (χ1v) is 15.8. The molecule has 0 atom stereocenters. The van der Waals surface area contributed by atoms with Gasteiger partial charge in [0.05, 0.1) is 16.9 Å². The molecule has 1 saturated heterocycles. The highest BCUT2D eigenvalue weighted by Gasteiger charge is 2.55. The van der Waals surface area contributed by atoms with Crippen LogP contribution in [0.25, 0.3) is 6.08 Å². The highest BCUT2D eigenvalue weighted by molar-refractivity contribution is 8.26. The van der Waals surface area contributed by atoms with Crippen LogP contribution in [0.3, 0.4) is 0 Å². The third-order valence-electron chi connectivity index (χ3n) is 8.79. The number of carbonyl (C=O) groups excluding carboxylic acids is 3. The van der Waals surface area contributed by atoms with Crippen LogP contribution in [0.4, 0.5) is 5.69 Å². The molecule has 5 fully saturated rings. The number of hydrogen-bond donors (Lipinski definition) is 2. The Labute approximate surface area is 255 Å². The van der Waals surface area contributed by atoms with Crippen molar-refractivity contribution in [3.8, 4) is 11.5 Å². The summed E-state index contributed by atoms with van der Waals surface area (Å²) in [6, 6.07) is 12.8. The van der Waals surface area contributed by atoms with E-state index in [9.17, 15) is 14.4 Å². The van der Waals surface area contributed by atoms with Gasteiger partial charge in [-0.2, -0.15) is 5.01 Å². The van der Waals surface area contributed by atoms with Crippen LogP contribution >= 0.6 is 24.0 Å². The van der Waals surface area contributed by atoms with Crippen molar-refractivity contribution >= 4 is 57.8 Å². The lowest BCUT2D eigenvalue weighted by atomic mass is 9.49. The predicted octanol–water partition coefficient (Wildman–Crippen LogP) is 5.86. The van der Waals surface area contributed by atoms with Gasteiger partial charge in [0.1, 0.15) is 0 Å². The Kier molecular flexibility index (Phi) is 8.02. The van der Waals surface area contributed by atoms with Gasteiger partial charge >= 0.3 is 0 Å². The number of rotatable bonds is 9. The van der Waals surface area contributed by atoms with E-state index in [2.05, 4.69) is 10.7 Å². The fraction of sp³-hybridized carbons (Fsp3) is 0.438. The molecular formula is C32H35N3O5S2. The molecule has 1 heterocycles. The maximum Gasteiger partial charge on any atom is 0.285 e. The molecule has 0 spiro atoms. The fourth-order valence-electron chi connectivity index (χ4n) is 7.30. The topological polar surface area (TPSA) is 97.0 Å². The Morgan fingerprint density at radius 2 is 1.69 bits per heavy atom. The number of hydrogen-bond acceptors (Lipinski definition) is 7. The highest BCUT2D eigenvalue weighted by Crippen LogP contribution is 2.60. The van der Waals surface area contributed by atoms with Gasteiger partial charge < -0.3 is 14.8 Å². The Balaban J connectivity index is 1.11. The molecule has 4 aliphatic carbocycles. The number of benzene rings is 2. The minimum atomic E-state index is -0.374. The number of aryl methyl sites for hydroxylation is 1. The minimum Gasteiger partial charge on any atom is -0.490 e. The first kappa shape index (κ1) is 28.7. The van der Waals surface area contributed by atoms with Gasteiger partial charge in [0.25, 0.3) is 11.8 Å². The van der Waals surface area contributed by atoms with Crippen LogP contribution in [0.15, 0.2) is 47.4 Å². The zero-order chi connectivity index (χ0) is 29.4. The Morgan fingerprint density at radius 1 is 1.02 bits per heavy atom. The molecule has 220 valence electrons. The van der Waals surface area contributed by atoms with Crippen LogP contribution < -0.4 is 20.2 Å². The third kappa shape index (κ3) is 5.92. The summed E-state index contributed by atoms with van der Waals surface area (Å²) in [5, 5.41) is 4.05. The van der Waals surface area contributed by atoms with E-state index in [0.717, 1.165) is 36.6 Å². The molecule has 8 nitrogen and oxygen atoms in total. The first-order chi connectivity index (χ1) is 20.2. The molecule has 3 amide bonds. The van der Waals surface area contributed by atoms with Gasteiger partial charge in [0.15, 0.2) is 22.4 Å². The van der Waals surface area contributed by atoms with E-state index >= 15 is 0 Å². The number of hydrazine groups is 1. The van der Waals surface area contributed by atoms with Gasteiger partial charge in [-0.15, -0.1) is 0 Å². The van der Waals surface area contributed by atoms with Gasteiger partial charge in [-0.3, -0.25) is 19.8 Å². The van der Waals surface area contributed by atoms with E-state index in [1.165, 1.54) is 24.3 Å². The molecule has 2 aromatic carbocycles. The molecule has 2 N–H and O–H groups in total. The molecule has 4 bridgehead atoms. The van der Waals surface area contributed by atoms with Crippen LogP contribution in [-0.4, -0.2) is 40.3 Å². The van der Waals surface area contributed by atoms with Crippen molar-refractivity contribution in [3.63, 3.8) is 0 Å². The Hall–Kier alpha value is -3.37. The van der Waals surface area contributed by atoms with E-state index in [4.69, 9.17) is 21.7 Å². The van der Waals surface area contributed by atoms with E-state index in [1.807, 2.05) is 38.1 Å². The molecular weight excluding hydrogens is 571 g/mol. The van der Waals surface area contributed by atoms with E-state index in [1.54, 1.807) is 24.3 Å². The van der Waals surface area contributed by atoms with Crippen molar-refractivity contribution < 1.29 is 23.9 Å². The second-order valence-electron chi connectivity index (χ2n) is 12.0. The normalized spacial score (nSPS) is 27.0. The van der Waals surface area contributed by atoms with Gasteiger partial charge in [0.2, 0.25) is 5.91 Å². The summed E-state index contributed by atoms with van der Waals surface area (Å²) in [5.74, 6) is 2.07. The molecule has 0 unspecified atom stereocenters. The average Bonchev–Trinajstić information content (AvgIpc) is 3.20. The maximum absolute atomic E-state index is 13.5. The SMILES string of the molecule is CCOc1cc(/C=C2\SC(=S)N(NC(=O)C34CC5CC(CC(C5)C3)C4)C2=O)ccc1OCC(=O)Nc1ccc(C)cc1. The van der Waals surface area contributed by atoms with Crippen LogP contribution in [-0.2, 0) is 14.4 Å². The zero-order valence-corrected chi connectivity index (χ0v) is 25.4. The number of thiocarbonyl (C=S) groups is 1. The third-order valence-corrected chi connectivity index (χ3v) is 10.1. The number of thioether (sulfide) groups is 1. The molecule has 0 radical (unpaired) electrons. The Bertz CT molecular complexity index is 1420. The molecule has 10 heteroatoms. The van der Waals surface area contributed by atoms with Crippen LogP contribution in [0.1, 0.15) is 56.6 Å². The standard InChI is InChI=1S/C32H35N3O5S2/c1-3-39-26-13-20(6-9-25(26)40-18-28(36)33-24-7-4-19(2)5-8-24)14-27-29(37)35(31(41)42-27)34-30(38)32-15-21-10-22(16-32)12-23(11-21)17-32/h4-9,13-14,21-23H,3,10-12,15-18H2,1-2H3,(H,33,36)(H,34,38)/b27-14-. The monoisotopic (exact) mass is 605 g/mol. The Morgan fingerprint density at radius 3 is 2.33 bits per heavy atom. The van der Waals surface area contributed by atoms with Crippen LogP contribution in [0.5, 0.6) is 11.5 Å².